The van der Waals surface area contributed by atoms with Crippen LogP contribution in [0.4, 0.5) is 0 Å². The van der Waals surface area contributed by atoms with Gasteiger partial charge < -0.3 is 26.0 Å². The highest BCUT2D eigenvalue weighted by Crippen LogP contribution is 2.28. The minimum Gasteiger partial charge on any atom is -0.473 e. The van der Waals surface area contributed by atoms with Crippen LogP contribution >= 0.6 is 0 Å². The van der Waals surface area contributed by atoms with Gasteiger partial charge in [-0.25, -0.2) is 14.4 Å². The van der Waals surface area contributed by atoms with Crippen LogP contribution in [0.25, 0.3) is 0 Å². The van der Waals surface area contributed by atoms with Crippen molar-refractivity contribution in [1.29, 1.82) is 0 Å². The van der Waals surface area contributed by atoms with Gasteiger partial charge in [0.15, 0.2) is 0 Å². The molecule has 0 radical (unpaired) electrons. The van der Waals surface area contributed by atoms with E-state index < -0.39 is 30.0 Å². The topological polar surface area (TPSA) is 156 Å². The van der Waals surface area contributed by atoms with Gasteiger partial charge in [-0.3, -0.25) is 4.79 Å². The van der Waals surface area contributed by atoms with E-state index in [-0.39, 0.29) is 18.4 Å². The molecule has 1 amide bonds. The zero-order valence-corrected chi connectivity index (χ0v) is 12.8. The van der Waals surface area contributed by atoms with Crippen molar-refractivity contribution < 1.29 is 34.1 Å². The second-order valence-electron chi connectivity index (χ2n) is 4.81. The van der Waals surface area contributed by atoms with Crippen molar-refractivity contribution in [1.82, 2.24) is 5.32 Å². The second-order valence-corrected chi connectivity index (χ2v) is 4.81. The molecular formula is C15H18N2O7. The third kappa shape index (κ3) is 4.78. The van der Waals surface area contributed by atoms with Crippen molar-refractivity contribution in [2.24, 2.45) is 5.73 Å². The number of carboxylic acids is 2. The molecule has 1 aromatic rings. The lowest BCUT2D eigenvalue weighted by atomic mass is 9.89. The fraction of sp³-hybridized carbons (Fsp3) is 0.333. The number of aliphatic carboxylic acids is 2. The van der Waals surface area contributed by atoms with E-state index in [1.165, 1.54) is 0 Å². The van der Waals surface area contributed by atoms with Gasteiger partial charge >= 0.3 is 17.9 Å². The number of nitrogens with two attached hydrogens (primary N) is 1. The molecule has 0 aromatic heterocycles. The van der Waals surface area contributed by atoms with Crippen LogP contribution in [0.5, 0.6) is 0 Å². The molecule has 1 saturated heterocycles. The van der Waals surface area contributed by atoms with Crippen LogP contribution in [0.2, 0.25) is 0 Å². The molecule has 9 nitrogen and oxygen atoms in total. The molecule has 1 heterocycles. The number of hydrogen-bond acceptors (Lipinski definition) is 6. The highest BCUT2D eigenvalue weighted by molar-refractivity contribution is 6.27. The van der Waals surface area contributed by atoms with E-state index in [1.807, 2.05) is 30.3 Å². The number of amides is 1. The Bertz CT molecular complexity index is 606. The van der Waals surface area contributed by atoms with Gasteiger partial charge in [-0.1, -0.05) is 30.3 Å². The molecule has 1 aliphatic rings. The maximum Gasteiger partial charge on any atom is 0.414 e. The Balaban J connectivity index is 0.000000413. The van der Waals surface area contributed by atoms with Crippen LogP contribution in [0, 0.1) is 0 Å². The Kier molecular flexibility index (Phi) is 6.87. The normalized spacial score (nSPS) is 21.9. The summed E-state index contributed by atoms with van der Waals surface area (Å²) < 4.78 is 4.96. The summed E-state index contributed by atoms with van der Waals surface area (Å²) in [6, 6.07) is 7.88. The van der Waals surface area contributed by atoms with Gasteiger partial charge in [0.1, 0.15) is 6.04 Å². The number of benzene rings is 1. The Labute approximate surface area is 137 Å². The third-order valence-corrected chi connectivity index (χ3v) is 3.25. The average Bonchev–Trinajstić information content (AvgIpc) is 2.84. The quantitative estimate of drug-likeness (QED) is 0.417. The molecule has 3 unspecified atom stereocenters. The number of hydrogen-bond donors (Lipinski definition) is 4. The lowest BCUT2D eigenvalue weighted by Gasteiger charge is -2.19. The number of rotatable bonds is 3. The Morgan fingerprint density at radius 2 is 1.71 bits per heavy atom. The first kappa shape index (κ1) is 19.1. The predicted octanol–water partition coefficient (Wildman–Crippen LogP) is -0.685. The summed E-state index contributed by atoms with van der Waals surface area (Å²) in [6.45, 7) is 2.01. The fourth-order valence-electron chi connectivity index (χ4n) is 2.22. The summed E-state index contributed by atoms with van der Waals surface area (Å²) in [6.07, 6.45) is 0. The van der Waals surface area contributed by atoms with Crippen molar-refractivity contribution >= 4 is 23.8 Å². The smallest absolute Gasteiger partial charge is 0.414 e. The zero-order chi connectivity index (χ0) is 18.3. The summed E-state index contributed by atoms with van der Waals surface area (Å²) in [5.41, 5.74) is 6.72. The molecule has 0 bridgehead atoms. The van der Waals surface area contributed by atoms with Gasteiger partial charge in [-0.2, -0.15) is 0 Å². The highest BCUT2D eigenvalue weighted by atomic mass is 16.5. The monoisotopic (exact) mass is 338 g/mol. The average molecular weight is 338 g/mol. The highest BCUT2D eigenvalue weighted by Gasteiger charge is 2.45. The minimum absolute atomic E-state index is 0.280. The van der Waals surface area contributed by atoms with Crippen molar-refractivity contribution in [2.45, 2.75) is 24.9 Å². The van der Waals surface area contributed by atoms with Crippen molar-refractivity contribution in [2.75, 3.05) is 6.61 Å². The van der Waals surface area contributed by atoms with Crippen LogP contribution in [0.1, 0.15) is 18.4 Å². The third-order valence-electron chi connectivity index (χ3n) is 3.25. The van der Waals surface area contributed by atoms with Crippen LogP contribution < -0.4 is 11.1 Å². The Morgan fingerprint density at radius 1 is 1.17 bits per heavy atom. The minimum atomic E-state index is -1.82. The van der Waals surface area contributed by atoms with E-state index in [4.69, 9.17) is 30.3 Å². The molecule has 0 aliphatic carbocycles. The van der Waals surface area contributed by atoms with Crippen molar-refractivity contribution in [3.8, 4) is 0 Å². The molecule has 2 rings (SSSR count). The number of esters is 1. The van der Waals surface area contributed by atoms with Crippen LogP contribution in [-0.2, 0) is 23.9 Å². The molecule has 3 atom stereocenters. The lowest BCUT2D eigenvalue weighted by Crippen LogP contribution is -2.37. The number of nitrogens with one attached hydrogen (secondary N) is 1. The summed E-state index contributed by atoms with van der Waals surface area (Å²) in [4.78, 5) is 41.7. The number of carboxylic acid groups (broad SMARTS) is 2. The first-order valence-corrected chi connectivity index (χ1v) is 7.03. The summed E-state index contributed by atoms with van der Waals surface area (Å²) >= 11 is 0. The maximum atomic E-state index is 11.8. The van der Waals surface area contributed by atoms with Gasteiger partial charge in [0.2, 0.25) is 5.91 Å². The maximum absolute atomic E-state index is 11.8. The molecular weight excluding hydrogens is 320 g/mol. The van der Waals surface area contributed by atoms with Gasteiger partial charge in [-0.15, -0.1) is 0 Å². The van der Waals surface area contributed by atoms with Gasteiger partial charge in [-0.05, 0) is 12.5 Å². The molecule has 1 aromatic carbocycles. The van der Waals surface area contributed by atoms with Crippen molar-refractivity contribution in [3.63, 3.8) is 0 Å². The van der Waals surface area contributed by atoms with Crippen LogP contribution in [0.15, 0.2) is 30.3 Å². The van der Waals surface area contributed by atoms with E-state index in [2.05, 4.69) is 5.32 Å². The van der Waals surface area contributed by atoms with E-state index in [0.717, 1.165) is 5.56 Å². The molecule has 0 saturated carbocycles. The fourth-order valence-corrected chi connectivity index (χ4v) is 2.22. The second kappa shape index (κ2) is 8.63. The Morgan fingerprint density at radius 3 is 2.17 bits per heavy atom. The van der Waals surface area contributed by atoms with Crippen molar-refractivity contribution in [3.05, 3.63) is 35.9 Å². The zero-order valence-electron chi connectivity index (χ0n) is 12.8. The number of carbonyl (C=O) groups excluding carboxylic acids is 2. The molecule has 5 N–H and O–H groups in total. The SMILES string of the molecule is CCOC(=O)C1NC(=O)C(N)C1c1ccccc1.O=C(O)C(=O)O. The lowest BCUT2D eigenvalue weighted by molar-refractivity contribution is -0.159. The molecule has 0 spiro atoms. The largest absolute Gasteiger partial charge is 0.473 e. The first-order valence-electron chi connectivity index (χ1n) is 7.03. The van der Waals surface area contributed by atoms with Gasteiger partial charge in [0.25, 0.3) is 0 Å². The summed E-state index contributed by atoms with van der Waals surface area (Å²) in [5, 5.41) is 17.4. The van der Waals surface area contributed by atoms with Gasteiger partial charge in [0, 0.05) is 5.92 Å². The van der Waals surface area contributed by atoms with E-state index in [1.54, 1.807) is 6.92 Å². The molecule has 1 aliphatic heterocycles. The first-order chi connectivity index (χ1) is 11.3. The summed E-state index contributed by atoms with van der Waals surface area (Å²) in [5.74, 6) is -4.78. The number of ether oxygens (including phenoxy) is 1. The van der Waals surface area contributed by atoms with Gasteiger partial charge in [0.05, 0.1) is 12.6 Å². The van der Waals surface area contributed by atoms with E-state index in [9.17, 15) is 9.59 Å². The van der Waals surface area contributed by atoms with E-state index >= 15 is 0 Å². The molecule has 9 heteroatoms. The molecule has 24 heavy (non-hydrogen) atoms. The van der Waals surface area contributed by atoms with E-state index in [0.29, 0.717) is 0 Å². The summed E-state index contributed by atoms with van der Waals surface area (Å²) in [7, 11) is 0. The molecule has 1 fully saturated rings. The van der Waals surface area contributed by atoms with Crippen LogP contribution in [-0.4, -0.2) is 52.7 Å². The number of carbonyl (C=O) groups is 4. The Hall–Kier alpha value is -2.94. The molecule has 130 valence electrons. The standard InChI is InChI=1S/C13H16N2O3.C2H2O4/c1-2-18-13(17)11-9(10(14)12(16)15-11)8-6-4-3-5-7-8;3-1(4)2(5)6/h3-7,9-11H,2,14H2,1H3,(H,15,16);(H,3,4)(H,5,6). The van der Waals surface area contributed by atoms with Crippen LogP contribution in [0.3, 0.4) is 0 Å². The predicted molar refractivity (Wildman–Crippen MR) is 81.0 cm³/mol.